The first-order chi connectivity index (χ1) is 11.2. The summed E-state index contributed by atoms with van der Waals surface area (Å²) in [7, 11) is 0. The molecule has 1 atom stereocenters. The molecule has 2 aromatic rings. The van der Waals surface area contributed by atoms with Crippen LogP contribution < -0.4 is 10.6 Å². The van der Waals surface area contributed by atoms with Gasteiger partial charge >= 0.3 is 0 Å². The Morgan fingerprint density at radius 2 is 2.04 bits per heavy atom. The van der Waals surface area contributed by atoms with Crippen LogP contribution in [0.3, 0.4) is 0 Å². The lowest BCUT2D eigenvalue weighted by Gasteiger charge is -2.12. The van der Waals surface area contributed by atoms with E-state index in [1.807, 2.05) is 13.0 Å². The molecule has 1 aliphatic heterocycles. The topological polar surface area (TPSA) is 59.1 Å². The highest BCUT2D eigenvalue weighted by atomic mass is 19.1. The van der Waals surface area contributed by atoms with Crippen LogP contribution in [0.25, 0.3) is 0 Å². The first kappa shape index (κ1) is 15.7. The molecule has 0 radical (unpaired) electrons. The number of nitrogens with zero attached hydrogens (tertiary/aromatic N) is 2. The Bertz CT molecular complexity index is 642. The van der Waals surface area contributed by atoms with Crippen molar-refractivity contribution >= 4 is 11.8 Å². The quantitative estimate of drug-likeness (QED) is 0.857. The van der Waals surface area contributed by atoms with Crippen molar-refractivity contribution in [1.29, 1.82) is 0 Å². The lowest BCUT2D eigenvalue weighted by Crippen LogP contribution is -2.20. The van der Waals surface area contributed by atoms with Crippen LogP contribution in [0.5, 0.6) is 0 Å². The maximum absolute atomic E-state index is 12.9. The minimum atomic E-state index is -0.229. The van der Waals surface area contributed by atoms with Crippen LogP contribution in [0.4, 0.5) is 16.2 Å². The van der Waals surface area contributed by atoms with Crippen molar-refractivity contribution in [2.75, 3.05) is 23.8 Å². The zero-order chi connectivity index (χ0) is 16.1. The van der Waals surface area contributed by atoms with Crippen LogP contribution in [0.15, 0.2) is 30.3 Å². The summed E-state index contributed by atoms with van der Waals surface area (Å²) in [5.74, 6) is 1.12. The van der Waals surface area contributed by atoms with Crippen LogP contribution in [0.1, 0.15) is 24.1 Å². The maximum Gasteiger partial charge on any atom is 0.224 e. The molecular weight excluding hydrogens is 295 g/mol. The van der Waals surface area contributed by atoms with Gasteiger partial charge in [-0.3, -0.25) is 0 Å². The van der Waals surface area contributed by atoms with Gasteiger partial charge in [0.05, 0.1) is 6.10 Å². The molecule has 0 saturated carbocycles. The molecule has 0 bridgehead atoms. The molecule has 0 aliphatic carbocycles. The maximum atomic E-state index is 12.9. The Hall–Kier alpha value is -2.21. The van der Waals surface area contributed by atoms with Crippen molar-refractivity contribution in [1.82, 2.24) is 9.97 Å². The van der Waals surface area contributed by atoms with E-state index in [-0.39, 0.29) is 11.9 Å². The molecule has 0 spiro atoms. The molecule has 6 heteroatoms. The van der Waals surface area contributed by atoms with E-state index in [1.54, 1.807) is 12.1 Å². The van der Waals surface area contributed by atoms with Crippen molar-refractivity contribution in [3.8, 4) is 0 Å². The normalized spacial score (nSPS) is 17.2. The predicted molar refractivity (Wildman–Crippen MR) is 88.0 cm³/mol. The molecular formula is C17H21FN4O. The Morgan fingerprint density at radius 1 is 1.22 bits per heavy atom. The second-order valence-electron chi connectivity index (χ2n) is 5.71. The van der Waals surface area contributed by atoms with Crippen LogP contribution in [0.2, 0.25) is 0 Å². The standard InChI is InChI=1S/C17H21FN4O/c1-12-9-16(19-10-13-4-6-14(18)7-5-13)22-17(21-12)20-11-15-3-2-8-23-15/h4-7,9,15H,2-3,8,10-11H2,1H3,(H2,19,20,21,22). The Labute approximate surface area is 135 Å². The molecule has 1 saturated heterocycles. The van der Waals surface area contributed by atoms with Gasteiger partial charge in [-0.25, -0.2) is 9.37 Å². The van der Waals surface area contributed by atoms with Gasteiger partial charge in [-0.2, -0.15) is 4.98 Å². The number of benzene rings is 1. The zero-order valence-electron chi connectivity index (χ0n) is 13.2. The highest BCUT2D eigenvalue weighted by Crippen LogP contribution is 2.15. The van der Waals surface area contributed by atoms with Gasteiger partial charge in [0.2, 0.25) is 5.95 Å². The summed E-state index contributed by atoms with van der Waals surface area (Å²) in [5.41, 5.74) is 1.88. The van der Waals surface area contributed by atoms with Gasteiger partial charge in [0.1, 0.15) is 11.6 Å². The van der Waals surface area contributed by atoms with E-state index in [4.69, 9.17) is 4.74 Å². The van der Waals surface area contributed by atoms with Crippen LogP contribution in [0, 0.1) is 12.7 Å². The summed E-state index contributed by atoms with van der Waals surface area (Å²) in [6.45, 7) is 4.08. The highest BCUT2D eigenvalue weighted by Gasteiger charge is 2.15. The summed E-state index contributed by atoms with van der Waals surface area (Å²) in [5, 5.41) is 6.48. The monoisotopic (exact) mass is 316 g/mol. The number of aromatic nitrogens is 2. The second kappa shape index (κ2) is 7.37. The van der Waals surface area contributed by atoms with Gasteiger partial charge < -0.3 is 15.4 Å². The number of hydrogen-bond acceptors (Lipinski definition) is 5. The third kappa shape index (κ3) is 4.63. The number of anilines is 2. The third-order valence-corrected chi connectivity index (χ3v) is 3.75. The summed E-state index contributed by atoms with van der Waals surface area (Å²) >= 11 is 0. The summed E-state index contributed by atoms with van der Waals surface area (Å²) in [6.07, 6.45) is 2.44. The summed E-state index contributed by atoms with van der Waals surface area (Å²) in [6, 6.07) is 8.31. The third-order valence-electron chi connectivity index (χ3n) is 3.75. The van der Waals surface area contributed by atoms with Crippen molar-refractivity contribution < 1.29 is 9.13 Å². The summed E-state index contributed by atoms with van der Waals surface area (Å²) in [4.78, 5) is 8.86. The van der Waals surface area contributed by atoms with Crippen LogP contribution >= 0.6 is 0 Å². The smallest absolute Gasteiger partial charge is 0.224 e. The number of rotatable bonds is 6. The van der Waals surface area contributed by atoms with Gasteiger partial charge in [0.25, 0.3) is 0 Å². The van der Waals surface area contributed by atoms with E-state index in [2.05, 4.69) is 20.6 Å². The lowest BCUT2D eigenvalue weighted by atomic mass is 10.2. The lowest BCUT2D eigenvalue weighted by molar-refractivity contribution is 0.120. The highest BCUT2D eigenvalue weighted by molar-refractivity contribution is 5.42. The zero-order valence-corrected chi connectivity index (χ0v) is 13.2. The van der Waals surface area contributed by atoms with Gasteiger partial charge in [-0.05, 0) is 37.5 Å². The number of halogens is 1. The predicted octanol–water partition coefficient (Wildman–Crippen LogP) is 3.13. The fourth-order valence-electron chi connectivity index (χ4n) is 2.54. The van der Waals surface area contributed by atoms with Gasteiger partial charge in [-0.1, -0.05) is 12.1 Å². The van der Waals surface area contributed by atoms with Gasteiger partial charge in [0, 0.05) is 31.5 Å². The second-order valence-corrected chi connectivity index (χ2v) is 5.71. The largest absolute Gasteiger partial charge is 0.376 e. The minimum absolute atomic E-state index is 0.229. The fraction of sp³-hybridized carbons (Fsp3) is 0.412. The van der Waals surface area contributed by atoms with E-state index >= 15 is 0 Å². The Morgan fingerprint density at radius 3 is 2.78 bits per heavy atom. The molecule has 0 amide bonds. The van der Waals surface area contributed by atoms with Crippen LogP contribution in [-0.4, -0.2) is 29.2 Å². The molecule has 2 N–H and O–H groups in total. The Balaban J connectivity index is 1.59. The van der Waals surface area contributed by atoms with E-state index in [1.165, 1.54) is 12.1 Å². The summed E-state index contributed by atoms with van der Waals surface area (Å²) < 4.78 is 18.5. The van der Waals surface area contributed by atoms with Crippen molar-refractivity contribution in [2.45, 2.75) is 32.4 Å². The van der Waals surface area contributed by atoms with Gasteiger partial charge in [0.15, 0.2) is 0 Å². The molecule has 1 aliphatic rings. The van der Waals surface area contributed by atoms with Crippen molar-refractivity contribution in [3.63, 3.8) is 0 Å². The minimum Gasteiger partial charge on any atom is -0.376 e. The molecule has 23 heavy (non-hydrogen) atoms. The molecule has 2 heterocycles. The molecule has 122 valence electrons. The first-order valence-corrected chi connectivity index (χ1v) is 7.88. The molecule has 1 aromatic heterocycles. The fourth-order valence-corrected chi connectivity index (χ4v) is 2.54. The average Bonchev–Trinajstić information content (AvgIpc) is 3.05. The molecule has 3 rings (SSSR count). The molecule has 1 fully saturated rings. The number of ether oxygens (including phenoxy) is 1. The van der Waals surface area contributed by atoms with E-state index < -0.39 is 0 Å². The van der Waals surface area contributed by atoms with Crippen molar-refractivity contribution in [3.05, 3.63) is 47.4 Å². The number of nitrogens with one attached hydrogen (secondary N) is 2. The van der Waals surface area contributed by atoms with Gasteiger partial charge in [-0.15, -0.1) is 0 Å². The number of aryl methyl sites for hydroxylation is 1. The Kier molecular flexibility index (Phi) is 5.02. The van der Waals surface area contributed by atoms with E-state index in [9.17, 15) is 4.39 Å². The SMILES string of the molecule is Cc1cc(NCc2ccc(F)cc2)nc(NCC2CCCO2)n1. The molecule has 1 unspecified atom stereocenters. The van der Waals surface area contributed by atoms with Crippen LogP contribution in [-0.2, 0) is 11.3 Å². The molecule has 5 nitrogen and oxygen atoms in total. The molecule has 1 aromatic carbocycles. The van der Waals surface area contributed by atoms with E-state index in [0.29, 0.717) is 12.5 Å². The first-order valence-electron chi connectivity index (χ1n) is 7.88. The number of hydrogen-bond donors (Lipinski definition) is 2. The van der Waals surface area contributed by atoms with Crippen molar-refractivity contribution in [2.24, 2.45) is 0 Å². The average molecular weight is 316 g/mol. The van der Waals surface area contributed by atoms with E-state index in [0.717, 1.165) is 43.1 Å².